The molecular weight excluding hydrogens is 180 g/mol. The second-order valence-corrected chi connectivity index (χ2v) is 3.20. The minimum atomic E-state index is 0.0209. The number of aliphatic hydroxyl groups is 1. The number of methoxy groups -OCH3 is 2. The van der Waals surface area contributed by atoms with Crippen molar-refractivity contribution in [1.29, 1.82) is 0 Å². The second kappa shape index (κ2) is 4.33. The van der Waals surface area contributed by atoms with Crippen molar-refractivity contribution in [2.24, 2.45) is 0 Å². The molecule has 0 aliphatic carbocycles. The van der Waals surface area contributed by atoms with Crippen LogP contribution in [0, 0.1) is 13.8 Å². The summed E-state index contributed by atoms with van der Waals surface area (Å²) < 4.78 is 10.5. The van der Waals surface area contributed by atoms with Gasteiger partial charge in [-0.2, -0.15) is 0 Å². The van der Waals surface area contributed by atoms with E-state index in [-0.39, 0.29) is 6.61 Å². The molecule has 0 fully saturated rings. The lowest BCUT2D eigenvalue weighted by atomic mass is 10.0. The van der Waals surface area contributed by atoms with E-state index in [9.17, 15) is 0 Å². The SMILES string of the molecule is COc1c(C)cc(CO)c(C)c1OC. The second-order valence-electron chi connectivity index (χ2n) is 3.20. The van der Waals surface area contributed by atoms with Crippen LogP contribution in [0.4, 0.5) is 0 Å². The fraction of sp³-hybridized carbons (Fsp3) is 0.455. The quantitative estimate of drug-likeness (QED) is 0.801. The van der Waals surface area contributed by atoms with Crippen LogP contribution in [0.3, 0.4) is 0 Å². The molecule has 78 valence electrons. The predicted molar refractivity (Wildman–Crippen MR) is 54.9 cm³/mol. The van der Waals surface area contributed by atoms with Gasteiger partial charge in [-0.25, -0.2) is 0 Å². The van der Waals surface area contributed by atoms with E-state index in [0.29, 0.717) is 5.75 Å². The maximum Gasteiger partial charge on any atom is 0.164 e. The average molecular weight is 196 g/mol. The van der Waals surface area contributed by atoms with Crippen LogP contribution in [0.15, 0.2) is 6.07 Å². The van der Waals surface area contributed by atoms with Crippen molar-refractivity contribution in [3.05, 3.63) is 22.8 Å². The van der Waals surface area contributed by atoms with Crippen molar-refractivity contribution < 1.29 is 14.6 Å². The van der Waals surface area contributed by atoms with Crippen LogP contribution >= 0.6 is 0 Å². The molecule has 0 aliphatic heterocycles. The van der Waals surface area contributed by atoms with Crippen LogP contribution in [-0.2, 0) is 6.61 Å². The van der Waals surface area contributed by atoms with Crippen LogP contribution in [0.5, 0.6) is 11.5 Å². The van der Waals surface area contributed by atoms with E-state index in [4.69, 9.17) is 14.6 Å². The first kappa shape index (κ1) is 10.9. The Morgan fingerprint density at radius 2 is 1.71 bits per heavy atom. The lowest BCUT2D eigenvalue weighted by Gasteiger charge is -2.15. The van der Waals surface area contributed by atoms with Crippen molar-refractivity contribution in [1.82, 2.24) is 0 Å². The Morgan fingerprint density at radius 3 is 2.14 bits per heavy atom. The highest BCUT2D eigenvalue weighted by molar-refractivity contribution is 5.54. The number of hydrogen-bond acceptors (Lipinski definition) is 3. The van der Waals surface area contributed by atoms with E-state index in [0.717, 1.165) is 22.4 Å². The normalized spacial score (nSPS) is 10.1. The molecule has 0 atom stereocenters. The van der Waals surface area contributed by atoms with Gasteiger partial charge in [0.1, 0.15) is 0 Å². The first-order valence-corrected chi connectivity index (χ1v) is 4.47. The first-order chi connectivity index (χ1) is 6.65. The van der Waals surface area contributed by atoms with Gasteiger partial charge < -0.3 is 14.6 Å². The minimum Gasteiger partial charge on any atom is -0.493 e. The van der Waals surface area contributed by atoms with Crippen LogP contribution < -0.4 is 9.47 Å². The molecule has 0 amide bonds. The maximum atomic E-state index is 9.13. The average Bonchev–Trinajstić information content (AvgIpc) is 2.20. The summed E-state index contributed by atoms with van der Waals surface area (Å²) in [7, 11) is 3.22. The molecule has 1 aromatic carbocycles. The third-order valence-corrected chi connectivity index (χ3v) is 2.36. The molecule has 1 aromatic rings. The summed E-state index contributed by atoms with van der Waals surface area (Å²) in [4.78, 5) is 0. The predicted octanol–water partition coefficient (Wildman–Crippen LogP) is 1.81. The van der Waals surface area contributed by atoms with Gasteiger partial charge in [-0.1, -0.05) is 0 Å². The zero-order valence-corrected chi connectivity index (χ0v) is 9.05. The fourth-order valence-electron chi connectivity index (χ4n) is 1.59. The summed E-state index contributed by atoms with van der Waals surface area (Å²) in [5.74, 6) is 1.44. The van der Waals surface area contributed by atoms with E-state index in [1.165, 1.54) is 0 Å². The number of ether oxygens (including phenoxy) is 2. The lowest BCUT2D eigenvalue weighted by molar-refractivity contribution is 0.279. The van der Waals surface area contributed by atoms with Crippen molar-refractivity contribution in [2.45, 2.75) is 20.5 Å². The summed E-state index contributed by atoms with van der Waals surface area (Å²) in [6.07, 6.45) is 0. The Hall–Kier alpha value is -1.22. The third-order valence-electron chi connectivity index (χ3n) is 2.36. The number of hydrogen-bond donors (Lipinski definition) is 1. The number of aliphatic hydroxyl groups excluding tert-OH is 1. The molecular formula is C11H16O3. The minimum absolute atomic E-state index is 0.0209. The van der Waals surface area contributed by atoms with Gasteiger partial charge in [0.15, 0.2) is 11.5 Å². The molecule has 3 heteroatoms. The zero-order valence-electron chi connectivity index (χ0n) is 9.05. The topological polar surface area (TPSA) is 38.7 Å². The van der Waals surface area contributed by atoms with Crippen LogP contribution in [-0.4, -0.2) is 19.3 Å². The van der Waals surface area contributed by atoms with Crippen molar-refractivity contribution in [2.75, 3.05) is 14.2 Å². The van der Waals surface area contributed by atoms with Crippen molar-refractivity contribution in [3.8, 4) is 11.5 Å². The van der Waals surface area contributed by atoms with Crippen LogP contribution in [0.2, 0.25) is 0 Å². The maximum absolute atomic E-state index is 9.13. The Bertz CT molecular complexity index is 332. The van der Waals surface area contributed by atoms with Crippen molar-refractivity contribution >= 4 is 0 Å². The molecule has 0 aromatic heterocycles. The number of aryl methyl sites for hydroxylation is 1. The van der Waals surface area contributed by atoms with Gasteiger partial charge in [0, 0.05) is 5.56 Å². The van der Waals surface area contributed by atoms with Gasteiger partial charge in [-0.15, -0.1) is 0 Å². The smallest absolute Gasteiger partial charge is 0.164 e. The standard InChI is InChI=1S/C11H16O3/c1-7-5-9(6-12)8(2)11(14-4)10(7)13-3/h5,12H,6H2,1-4H3. The fourth-order valence-corrected chi connectivity index (χ4v) is 1.59. The van der Waals surface area contributed by atoms with E-state index >= 15 is 0 Å². The summed E-state index contributed by atoms with van der Waals surface area (Å²) in [5.41, 5.74) is 2.77. The zero-order chi connectivity index (χ0) is 10.7. The van der Waals surface area contributed by atoms with E-state index in [2.05, 4.69) is 0 Å². The molecule has 0 spiro atoms. The highest BCUT2D eigenvalue weighted by atomic mass is 16.5. The molecule has 14 heavy (non-hydrogen) atoms. The Labute approximate surface area is 84.3 Å². The van der Waals surface area contributed by atoms with E-state index in [1.807, 2.05) is 19.9 Å². The third kappa shape index (κ3) is 1.68. The Kier molecular flexibility index (Phi) is 3.36. The molecule has 3 nitrogen and oxygen atoms in total. The van der Waals surface area contributed by atoms with Crippen LogP contribution in [0.25, 0.3) is 0 Å². The van der Waals surface area contributed by atoms with Crippen molar-refractivity contribution in [3.63, 3.8) is 0 Å². The molecule has 0 saturated heterocycles. The molecule has 0 aliphatic rings. The summed E-state index contributed by atoms with van der Waals surface area (Å²) in [5, 5.41) is 9.13. The number of rotatable bonds is 3. The van der Waals surface area contributed by atoms with Gasteiger partial charge in [0.05, 0.1) is 20.8 Å². The van der Waals surface area contributed by atoms with Gasteiger partial charge in [-0.3, -0.25) is 0 Å². The van der Waals surface area contributed by atoms with Crippen LogP contribution in [0.1, 0.15) is 16.7 Å². The van der Waals surface area contributed by atoms with E-state index in [1.54, 1.807) is 14.2 Å². The monoisotopic (exact) mass is 196 g/mol. The molecule has 0 unspecified atom stereocenters. The first-order valence-electron chi connectivity index (χ1n) is 4.47. The van der Waals surface area contributed by atoms with Gasteiger partial charge in [-0.05, 0) is 31.0 Å². The molecule has 1 rings (SSSR count). The molecule has 0 heterocycles. The Morgan fingerprint density at radius 1 is 1.14 bits per heavy atom. The molecule has 1 N–H and O–H groups in total. The highest BCUT2D eigenvalue weighted by Crippen LogP contribution is 2.36. The Balaban J connectivity index is 3.40. The highest BCUT2D eigenvalue weighted by Gasteiger charge is 2.13. The molecule has 0 bridgehead atoms. The molecule has 0 radical (unpaired) electrons. The van der Waals surface area contributed by atoms with Gasteiger partial charge in [0.25, 0.3) is 0 Å². The van der Waals surface area contributed by atoms with Gasteiger partial charge in [0.2, 0.25) is 0 Å². The summed E-state index contributed by atoms with van der Waals surface area (Å²) >= 11 is 0. The lowest BCUT2D eigenvalue weighted by Crippen LogP contribution is -1.99. The largest absolute Gasteiger partial charge is 0.493 e. The summed E-state index contributed by atoms with van der Waals surface area (Å²) in [6, 6.07) is 1.91. The molecule has 0 saturated carbocycles. The number of benzene rings is 1. The van der Waals surface area contributed by atoms with Gasteiger partial charge >= 0.3 is 0 Å². The summed E-state index contributed by atoms with van der Waals surface area (Å²) in [6.45, 7) is 3.86. The van der Waals surface area contributed by atoms with E-state index < -0.39 is 0 Å².